The molecule has 0 aliphatic carbocycles. The van der Waals surface area contributed by atoms with E-state index >= 15 is 0 Å². The minimum Gasteiger partial charge on any atom is -0.479 e. The lowest BCUT2D eigenvalue weighted by Crippen LogP contribution is -2.34. The van der Waals surface area contributed by atoms with Crippen LogP contribution >= 0.6 is 11.3 Å². The highest BCUT2D eigenvalue weighted by atomic mass is 32.2. The third-order valence-electron chi connectivity index (χ3n) is 2.92. The molecule has 110 valence electrons. The number of anilines is 2. The Balaban J connectivity index is 1.88. The first-order valence-corrected chi connectivity index (χ1v) is 8.50. The molecule has 0 saturated carbocycles. The summed E-state index contributed by atoms with van der Waals surface area (Å²) in [6.45, 7) is 1.64. The smallest absolute Gasteiger partial charge is 0.271 e. The largest absolute Gasteiger partial charge is 0.479 e. The zero-order valence-electron chi connectivity index (χ0n) is 11.0. The molecule has 1 aromatic heterocycles. The predicted molar refractivity (Wildman–Crippen MR) is 80.3 cm³/mol. The van der Waals surface area contributed by atoms with E-state index < -0.39 is 16.1 Å². The van der Waals surface area contributed by atoms with Crippen LogP contribution in [0.3, 0.4) is 0 Å². The molecule has 0 fully saturated rings. The Kier molecular flexibility index (Phi) is 3.34. The van der Waals surface area contributed by atoms with Gasteiger partial charge >= 0.3 is 0 Å². The number of hydrogen-bond donors (Lipinski definition) is 2. The van der Waals surface area contributed by atoms with E-state index in [4.69, 9.17) is 4.74 Å². The molecule has 2 heterocycles. The fourth-order valence-corrected chi connectivity index (χ4v) is 3.94. The molecule has 1 aliphatic rings. The Labute approximate surface area is 125 Å². The van der Waals surface area contributed by atoms with Gasteiger partial charge in [0.25, 0.3) is 15.9 Å². The summed E-state index contributed by atoms with van der Waals surface area (Å²) in [6.07, 6.45) is -0.564. The van der Waals surface area contributed by atoms with Crippen molar-refractivity contribution < 1.29 is 17.9 Å². The van der Waals surface area contributed by atoms with E-state index in [0.29, 0.717) is 17.1 Å². The van der Waals surface area contributed by atoms with Crippen molar-refractivity contribution in [3.8, 4) is 5.75 Å². The highest BCUT2D eigenvalue weighted by Crippen LogP contribution is 2.33. The minimum atomic E-state index is -3.61. The molecule has 1 aromatic carbocycles. The number of fused-ring (bicyclic) bond motifs is 1. The summed E-state index contributed by atoms with van der Waals surface area (Å²) in [5, 5.41) is 4.37. The van der Waals surface area contributed by atoms with Crippen LogP contribution in [0.25, 0.3) is 0 Å². The van der Waals surface area contributed by atoms with Crippen molar-refractivity contribution >= 4 is 38.6 Å². The first-order chi connectivity index (χ1) is 9.95. The minimum absolute atomic E-state index is 0.231. The molecule has 0 bridgehead atoms. The first kappa shape index (κ1) is 13.9. The van der Waals surface area contributed by atoms with Gasteiger partial charge < -0.3 is 10.1 Å². The summed E-state index contributed by atoms with van der Waals surface area (Å²) >= 11 is 1.13. The van der Waals surface area contributed by atoms with E-state index in [2.05, 4.69) is 10.0 Å². The van der Waals surface area contributed by atoms with Crippen molar-refractivity contribution in [2.24, 2.45) is 0 Å². The van der Waals surface area contributed by atoms with Crippen molar-refractivity contribution in [2.75, 3.05) is 10.0 Å². The molecule has 0 radical (unpaired) electrons. The number of amides is 1. The van der Waals surface area contributed by atoms with Gasteiger partial charge in [-0.2, -0.15) is 0 Å². The van der Waals surface area contributed by atoms with Gasteiger partial charge in [0.15, 0.2) is 6.10 Å². The Hall–Kier alpha value is -2.06. The molecule has 21 heavy (non-hydrogen) atoms. The lowest BCUT2D eigenvalue weighted by atomic mass is 10.2. The van der Waals surface area contributed by atoms with Crippen LogP contribution in [0.4, 0.5) is 11.4 Å². The summed E-state index contributed by atoms with van der Waals surface area (Å²) in [4.78, 5) is 11.6. The first-order valence-electron chi connectivity index (χ1n) is 6.13. The third-order valence-corrected chi connectivity index (χ3v) is 5.70. The van der Waals surface area contributed by atoms with E-state index in [-0.39, 0.29) is 10.1 Å². The maximum Gasteiger partial charge on any atom is 0.271 e. The van der Waals surface area contributed by atoms with Crippen LogP contribution in [0.15, 0.2) is 39.9 Å². The van der Waals surface area contributed by atoms with Gasteiger partial charge in [-0.15, -0.1) is 11.3 Å². The third kappa shape index (κ3) is 2.72. The van der Waals surface area contributed by atoms with Crippen molar-refractivity contribution in [2.45, 2.75) is 17.2 Å². The average molecular weight is 324 g/mol. The number of nitrogens with one attached hydrogen (secondary N) is 2. The summed E-state index contributed by atoms with van der Waals surface area (Å²) < 4.78 is 32.4. The van der Waals surface area contributed by atoms with Gasteiger partial charge in [-0.25, -0.2) is 8.42 Å². The zero-order valence-corrected chi connectivity index (χ0v) is 12.6. The molecule has 3 rings (SSSR count). The number of thiophene rings is 1. The van der Waals surface area contributed by atoms with Crippen molar-refractivity contribution in [3.05, 3.63) is 35.7 Å². The quantitative estimate of drug-likeness (QED) is 0.907. The van der Waals surface area contributed by atoms with Crippen molar-refractivity contribution in [3.63, 3.8) is 0 Å². The fourth-order valence-electron chi connectivity index (χ4n) is 1.89. The summed E-state index contributed by atoms with van der Waals surface area (Å²) in [5.41, 5.74) is 0.810. The summed E-state index contributed by atoms with van der Waals surface area (Å²) in [7, 11) is -3.61. The van der Waals surface area contributed by atoms with Crippen LogP contribution in [0.1, 0.15) is 6.92 Å². The molecule has 1 aliphatic heterocycles. The number of sulfonamides is 1. The van der Waals surface area contributed by atoms with E-state index in [9.17, 15) is 13.2 Å². The maximum absolute atomic E-state index is 12.1. The van der Waals surface area contributed by atoms with Crippen LogP contribution in [-0.4, -0.2) is 20.4 Å². The molecule has 0 saturated heterocycles. The van der Waals surface area contributed by atoms with Gasteiger partial charge in [0.05, 0.1) is 11.4 Å². The Bertz CT molecular complexity index is 785. The summed E-state index contributed by atoms with van der Waals surface area (Å²) in [5.74, 6) is 0.252. The number of hydrogen-bond acceptors (Lipinski definition) is 5. The highest BCUT2D eigenvalue weighted by Gasteiger charge is 2.24. The lowest BCUT2D eigenvalue weighted by Gasteiger charge is -2.23. The van der Waals surface area contributed by atoms with Crippen LogP contribution in [0.5, 0.6) is 5.75 Å². The molecular weight excluding hydrogens is 312 g/mol. The molecular formula is C13H12N2O4S2. The number of carbonyl (C=O) groups excluding carboxylic acids is 1. The van der Waals surface area contributed by atoms with Crippen molar-refractivity contribution in [1.29, 1.82) is 0 Å². The van der Waals surface area contributed by atoms with Crippen LogP contribution in [-0.2, 0) is 14.8 Å². The van der Waals surface area contributed by atoms with Gasteiger partial charge in [0, 0.05) is 0 Å². The van der Waals surface area contributed by atoms with Crippen molar-refractivity contribution in [1.82, 2.24) is 0 Å². The SMILES string of the molecule is C[C@H]1Oc2ccc(NS(=O)(=O)c3cccs3)cc2NC1=O. The van der Waals surface area contributed by atoms with Crippen LogP contribution in [0.2, 0.25) is 0 Å². The second kappa shape index (κ2) is 5.05. The molecule has 2 N–H and O–H groups in total. The molecule has 2 aromatic rings. The van der Waals surface area contributed by atoms with E-state index in [0.717, 1.165) is 11.3 Å². The van der Waals surface area contributed by atoms with Crippen LogP contribution in [0, 0.1) is 0 Å². The monoisotopic (exact) mass is 324 g/mol. The van der Waals surface area contributed by atoms with E-state index in [1.807, 2.05) is 0 Å². The average Bonchev–Trinajstić information content (AvgIpc) is 2.95. The summed E-state index contributed by atoms with van der Waals surface area (Å²) in [6, 6.07) is 7.94. The maximum atomic E-state index is 12.1. The molecule has 8 heteroatoms. The molecule has 0 spiro atoms. The lowest BCUT2D eigenvalue weighted by molar-refractivity contribution is -0.122. The standard InChI is InChI=1S/C13H12N2O4S2/c1-8-13(16)14-10-7-9(4-5-11(10)19-8)15-21(17,18)12-3-2-6-20-12/h2-8,15H,1H3,(H,14,16)/t8-/m1/s1. The molecule has 1 amide bonds. The number of rotatable bonds is 3. The second-order valence-corrected chi connectivity index (χ2v) is 7.35. The number of benzene rings is 1. The number of ether oxygens (including phenoxy) is 1. The zero-order chi connectivity index (χ0) is 15.0. The normalized spacial score (nSPS) is 17.6. The van der Waals surface area contributed by atoms with Gasteiger partial charge in [0.2, 0.25) is 0 Å². The Morgan fingerprint density at radius 3 is 2.86 bits per heavy atom. The predicted octanol–water partition coefficient (Wildman–Crippen LogP) is 2.27. The topological polar surface area (TPSA) is 84.5 Å². The van der Waals surface area contributed by atoms with Gasteiger partial charge in [-0.05, 0) is 36.6 Å². The van der Waals surface area contributed by atoms with Crippen LogP contribution < -0.4 is 14.8 Å². The molecule has 6 nitrogen and oxygen atoms in total. The number of carbonyl (C=O) groups is 1. The Morgan fingerprint density at radius 1 is 1.33 bits per heavy atom. The van der Waals surface area contributed by atoms with Gasteiger partial charge in [-0.1, -0.05) is 6.07 Å². The second-order valence-electron chi connectivity index (χ2n) is 4.50. The Morgan fingerprint density at radius 2 is 2.14 bits per heavy atom. The van der Waals surface area contributed by atoms with Gasteiger partial charge in [-0.3, -0.25) is 9.52 Å². The molecule has 1 atom stereocenters. The molecule has 0 unspecified atom stereocenters. The highest BCUT2D eigenvalue weighted by molar-refractivity contribution is 7.94. The fraction of sp³-hybridized carbons (Fsp3) is 0.154. The van der Waals surface area contributed by atoms with E-state index in [1.165, 1.54) is 12.1 Å². The van der Waals surface area contributed by atoms with Gasteiger partial charge in [0.1, 0.15) is 9.96 Å². The van der Waals surface area contributed by atoms with E-state index in [1.54, 1.807) is 30.5 Å².